The van der Waals surface area contributed by atoms with E-state index in [0.717, 1.165) is 28.7 Å². The number of anilines is 1. The largest absolute Gasteiger partial charge is 0.494 e. The predicted molar refractivity (Wildman–Crippen MR) is 183 cm³/mol. The maximum absolute atomic E-state index is 15.9. The number of rotatable bonds is 8. The SMILES string of the molecule is CCCOc1ccc(N2C(=O)[C@@H]3[C@@H](C2=O)[C@@]2(c4ccccc4)C(=O)[C@@]3(c3ccccc3)C(c3ccccc3)=C2c2ccccc2)cc1. The number of fused-ring (bicyclic) bond motifs is 5. The van der Waals surface area contributed by atoms with Crippen molar-refractivity contribution >= 4 is 34.4 Å². The van der Waals surface area contributed by atoms with E-state index < -0.39 is 22.7 Å². The second-order valence-corrected chi connectivity index (χ2v) is 12.5. The van der Waals surface area contributed by atoms with Crippen molar-refractivity contribution in [3.63, 3.8) is 0 Å². The van der Waals surface area contributed by atoms with Gasteiger partial charge in [-0.15, -0.1) is 0 Å². The van der Waals surface area contributed by atoms with Crippen molar-refractivity contribution in [1.29, 1.82) is 0 Å². The monoisotopic (exact) mass is 615 g/mol. The van der Waals surface area contributed by atoms with Gasteiger partial charge in [0.15, 0.2) is 5.78 Å². The quantitative estimate of drug-likeness (QED) is 0.168. The van der Waals surface area contributed by atoms with Crippen LogP contribution in [0, 0.1) is 11.8 Å². The summed E-state index contributed by atoms with van der Waals surface area (Å²) in [5.74, 6) is -2.09. The summed E-state index contributed by atoms with van der Waals surface area (Å²) in [4.78, 5) is 47.3. The summed E-state index contributed by atoms with van der Waals surface area (Å²) in [5, 5.41) is 0. The summed E-state index contributed by atoms with van der Waals surface area (Å²) in [5.41, 5.74) is 2.36. The third-order valence-electron chi connectivity index (χ3n) is 10.1. The highest BCUT2D eigenvalue weighted by Gasteiger charge is 2.82. The molecule has 1 aliphatic heterocycles. The number of carbonyl (C=O) groups is 3. The number of amides is 2. The van der Waals surface area contributed by atoms with Gasteiger partial charge in [0.05, 0.1) is 35.0 Å². The molecule has 1 heterocycles. The number of benzene rings is 5. The van der Waals surface area contributed by atoms with Crippen LogP contribution in [0.25, 0.3) is 11.1 Å². The van der Waals surface area contributed by atoms with E-state index in [1.54, 1.807) is 24.3 Å². The minimum absolute atomic E-state index is 0.125. The van der Waals surface area contributed by atoms with E-state index in [1.165, 1.54) is 4.90 Å². The Hall–Kier alpha value is -5.55. The van der Waals surface area contributed by atoms with Crippen LogP contribution < -0.4 is 9.64 Å². The molecular weight excluding hydrogens is 582 g/mol. The number of ketones is 1. The number of Topliss-reactive ketones (excluding diaryl/α,β-unsaturated/α-hetero) is 1. The van der Waals surface area contributed by atoms with Crippen LogP contribution in [0.4, 0.5) is 5.69 Å². The zero-order valence-electron chi connectivity index (χ0n) is 26.0. The normalized spacial score (nSPS) is 24.6. The Balaban J connectivity index is 1.47. The van der Waals surface area contributed by atoms with Crippen molar-refractivity contribution in [2.45, 2.75) is 24.2 Å². The van der Waals surface area contributed by atoms with Crippen LogP contribution in [0.3, 0.4) is 0 Å². The summed E-state index contributed by atoms with van der Waals surface area (Å²) in [6, 6.07) is 46.1. The molecule has 5 heteroatoms. The standard InChI is InChI=1S/C42H33NO4/c1-2-27-47-33-25-23-32(24-26-33)43-38(44)36-37(39(43)45)42(31-21-13-6-14-22-31)35(29-17-9-4-10-18-29)34(28-15-7-3-8-16-28)41(36,40(42)46)30-19-11-5-12-20-30/h3-26,36-37H,2,27H2,1H3/t36-,37-,41-,42-/m0/s1. The fourth-order valence-electron chi connectivity index (χ4n) is 8.50. The molecule has 5 aromatic rings. The van der Waals surface area contributed by atoms with Gasteiger partial charge in [-0.05, 0) is 64.1 Å². The topological polar surface area (TPSA) is 63.7 Å². The molecule has 47 heavy (non-hydrogen) atoms. The first-order chi connectivity index (χ1) is 23.1. The molecule has 1 saturated carbocycles. The van der Waals surface area contributed by atoms with Crippen molar-refractivity contribution in [3.8, 4) is 5.75 Å². The van der Waals surface area contributed by atoms with E-state index >= 15 is 14.4 Å². The van der Waals surface area contributed by atoms with Crippen LogP contribution in [-0.2, 0) is 25.2 Å². The minimum atomic E-state index is -1.42. The van der Waals surface area contributed by atoms with E-state index in [2.05, 4.69) is 0 Å². The average Bonchev–Trinajstić information content (AvgIpc) is 3.64. The summed E-state index contributed by atoms with van der Waals surface area (Å²) in [6.07, 6.45) is 0.867. The molecule has 5 nitrogen and oxygen atoms in total. The smallest absolute Gasteiger partial charge is 0.239 e. The first-order valence-corrected chi connectivity index (χ1v) is 16.2. The first kappa shape index (κ1) is 28.9. The Bertz CT molecular complexity index is 1900. The lowest BCUT2D eigenvalue weighted by atomic mass is 9.59. The number of ether oxygens (including phenoxy) is 1. The van der Waals surface area contributed by atoms with Crippen molar-refractivity contribution in [2.75, 3.05) is 11.5 Å². The van der Waals surface area contributed by atoms with Gasteiger partial charge < -0.3 is 4.74 Å². The molecule has 0 radical (unpaired) electrons. The molecule has 8 rings (SSSR count). The Morgan fingerprint density at radius 2 is 0.957 bits per heavy atom. The summed E-state index contributed by atoms with van der Waals surface area (Å²) >= 11 is 0. The molecule has 2 bridgehead atoms. The Kier molecular flexibility index (Phi) is 6.80. The summed E-state index contributed by atoms with van der Waals surface area (Å²) < 4.78 is 5.79. The number of allylic oxidation sites excluding steroid dienone is 2. The maximum Gasteiger partial charge on any atom is 0.239 e. The van der Waals surface area contributed by atoms with E-state index in [-0.39, 0.29) is 17.6 Å². The molecule has 4 atom stereocenters. The van der Waals surface area contributed by atoms with Gasteiger partial charge in [-0.25, -0.2) is 4.90 Å². The molecule has 0 unspecified atom stereocenters. The van der Waals surface area contributed by atoms with Gasteiger partial charge in [0.25, 0.3) is 0 Å². The number of nitrogens with zero attached hydrogens (tertiary/aromatic N) is 1. The molecule has 3 aliphatic rings. The number of carbonyl (C=O) groups excluding carboxylic acids is 3. The summed E-state index contributed by atoms with van der Waals surface area (Å²) in [7, 11) is 0. The van der Waals surface area contributed by atoms with E-state index in [1.807, 2.05) is 128 Å². The molecule has 2 aliphatic carbocycles. The number of imide groups is 1. The van der Waals surface area contributed by atoms with Crippen LogP contribution in [0.2, 0.25) is 0 Å². The van der Waals surface area contributed by atoms with E-state index in [0.29, 0.717) is 29.2 Å². The van der Waals surface area contributed by atoms with Gasteiger partial charge in [0, 0.05) is 0 Å². The first-order valence-electron chi connectivity index (χ1n) is 16.2. The fourth-order valence-corrected chi connectivity index (χ4v) is 8.50. The second-order valence-electron chi connectivity index (χ2n) is 12.5. The molecule has 5 aromatic carbocycles. The molecule has 2 amide bonds. The Morgan fingerprint density at radius 3 is 1.36 bits per heavy atom. The number of hydrogen-bond acceptors (Lipinski definition) is 4. The van der Waals surface area contributed by atoms with Crippen LogP contribution in [0.15, 0.2) is 146 Å². The van der Waals surface area contributed by atoms with Crippen LogP contribution in [0.5, 0.6) is 5.75 Å². The lowest BCUT2D eigenvalue weighted by molar-refractivity contribution is -0.130. The van der Waals surface area contributed by atoms with Crippen LogP contribution in [-0.4, -0.2) is 24.2 Å². The number of hydrogen-bond donors (Lipinski definition) is 0. The minimum Gasteiger partial charge on any atom is -0.494 e. The zero-order chi connectivity index (χ0) is 32.2. The predicted octanol–water partition coefficient (Wildman–Crippen LogP) is 7.66. The zero-order valence-corrected chi connectivity index (χ0v) is 26.0. The van der Waals surface area contributed by atoms with Gasteiger partial charge in [0.1, 0.15) is 5.75 Å². The molecule has 0 aromatic heterocycles. The molecular formula is C42H33NO4. The van der Waals surface area contributed by atoms with E-state index in [4.69, 9.17) is 4.74 Å². The molecule has 230 valence electrons. The molecule has 1 saturated heterocycles. The lowest BCUT2D eigenvalue weighted by Gasteiger charge is -2.39. The Morgan fingerprint density at radius 1 is 0.553 bits per heavy atom. The van der Waals surface area contributed by atoms with Crippen LogP contribution >= 0.6 is 0 Å². The van der Waals surface area contributed by atoms with E-state index in [9.17, 15) is 0 Å². The van der Waals surface area contributed by atoms with Crippen molar-refractivity contribution in [2.24, 2.45) is 11.8 Å². The highest BCUT2D eigenvalue weighted by molar-refractivity contribution is 6.39. The lowest BCUT2D eigenvalue weighted by Crippen LogP contribution is -2.45. The molecule has 0 spiro atoms. The van der Waals surface area contributed by atoms with Crippen molar-refractivity contribution in [3.05, 3.63) is 168 Å². The maximum atomic E-state index is 15.9. The van der Waals surface area contributed by atoms with Gasteiger partial charge in [-0.1, -0.05) is 128 Å². The van der Waals surface area contributed by atoms with Gasteiger partial charge in [-0.3, -0.25) is 14.4 Å². The highest BCUT2D eigenvalue weighted by Crippen LogP contribution is 2.74. The average molecular weight is 616 g/mol. The third kappa shape index (κ3) is 3.86. The highest BCUT2D eigenvalue weighted by atomic mass is 16.5. The van der Waals surface area contributed by atoms with Crippen molar-refractivity contribution < 1.29 is 19.1 Å². The molecule has 0 N–H and O–H groups in total. The van der Waals surface area contributed by atoms with Gasteiger partial charge in [0.2, 0.25) is 11.8 Å². The fraction of sp³-hybridized carbons (Fsp3) is 0.167. The Labute approximate surface area is 274 Å². The third-order valence-corrected chi connectivity index (χ3v) is 10.1. The molecule has 2 fully saturated rings. The van der Waals surface area contributed by atoms with Crippen LogP contribution in [0.1, 0.15) is 35.6 Å². The van der Waals surface area contributed by atoms with Crippen molar-refractivity contribution in [1.82, 2.24) is 0 Å². The second kappa shape index (κ2) is 11.1. The van der Waals surface area contributed by atoms with Gasteiger partial charge >= 0.3 is 0 Å². The summed E-state index contributed by atoms with van der Waals surface area (Å²) in [6.45, 7) is 2.61. The van der Waals surface area contributed by atoms with Gasteiger partial charge in [-0.2, -0.15) is 0 Å².